The van der Waals surface area contributed by atoms with Gasteiger partial charge < -0.3 is 25.3 Å². The van der Waals surface area contributed by atoms with Crippen molar-refractivity contribution in [3.8, 4) is 0 Å². The maximum atomic E-state index is 13.3. The molecular weight excluding hydrogens is 491 g/mol. The second kappa shape index (κ2) is 10.5. The van der Waals surface area contributed by atoms with E-state index in [0.717, 1.165) is 11.3 Å². The molecule has 12 heteroatoms. The third kappa shape index (κ3) is 4.84. The van der Waals surface area contributed by atoms with Gasteiger partial charge >= 0.3 is 11.9 Å². The van der Waals surface area contributed by atoms with Crippen LogP contribution in [0.3, 0.4) is 0 Å². The first-order chi connectivity index (χ1) is 15.7. The van der Waals surface area contributed by atoms with Gasteiger partial charge in [0.05, 0.1) is 46.5 Å². The Morgan fingerprint density at radius 3 is 2.52 bits per heavy atom. The first kappa shape index (κ1) is 25.0. The van der Waals surface area contributed by atoms with Crippen LogP contribution in [0.15, 0.2) is 40.7 Å². The summed E-state index contributed by atoms with van der Waals surface area (Å²) in [6.45, 7) is 3.46. The van der Waals surface area contributed by atoms with Gasteiger partial charge in [0.15, 0.2) is 11.1 Å². The summed E-state index contributed by atoms with van der Waals surface area (Å²) in [6, 6.07) is 4.97. The third-order valence-corrected chi connectivity index (χ3v) is 6.59. The van der Waals surface area contributed by atoms with E-state index in [0.29, 0.717) is 22.0 Å². The highest BCUT2D eigenvalue weighted by atomic mass is 35.5. The van der Waals surface area contributed by atoms with Gasteiger partial charge in [0.1, 0.15) is 0 Å². The zero-order valence-electron chi connectivity index (χ0n) is 18.3. The SMILES string of the molecule is CCOC(=O)C1=C(C(OC)c2nnc(N)s2)NC(C)=C(C(=O)OC)C1c1cccc(Cl)c1Cl. The van der Waals surface area contributed by atoms with Gasteiger partial charge in [-0.05, 0) is 25.5 Å². The van der Waals surface area contributed by atoms with Crippen LogP contribution >= 0.6 is 34.5 Å². The Hall–Kier alpha value is -2.66. The number of halogens is 2. The summed E-state index contributed by atoms with van der Waals surface area (Å²) in [6.07, 6.45) is -0.853. The van der Waals surface area contributed by atoms with Crippen molar-refractivity contribution < 1.29 is 23.8 Å². The third-order valence-electron chi connectivity index (χ3n) is 4.97. The number of nitrogens with one attached hydrogen (secondary N) is 1. The fourth-order valence-corrected chi connectivity index (χ4v) is 4.74. The molecule has 0 bridgehead atoms. The van der Waals surface area contributed by atoms with Crippen LogP contribution in [0.25, 0.3) is 0 Å². The normalized spacial score (nSPS) is 17.0. The fraction of sp³-hybridized carbons (Fsp3) is 0.333. The predicted octanol–water partition coefficient (Wildman–Crippen LogP) is 3.77. The van der Waals surface area contributed by atoms with Gasteiger partial charge in [-0.1, -0.05) is 46.7 Å². The fourth-order valence-electron chi connectivity index (χ4n) is 3.63. The van der Waals surface area contributed by atoms with Crippen LogP contribution < -0.4 is 11.1 Å². The monoisotopic (exact) mass is 512 g/mol. The van der Waals surface area contributed by atoms with E-state index in [4.69, 9.17) is 43.1 Å². The summed E-state index contributed by atoms with van der Waals surface area (Å²) in [5.41, 5.74) is 7.23. The standard InChI is InChI=1S/C21H22Cl2N4O5S/c1-5-32-20(29)14-13(10-7-6-8-11(22)15(10)23)12(19(28)31-4)9(2)25-16(14)17(30-3)18-26-27-21(24)33-18/h6-8,13,17,25H,5H2,1-4H3,(H2,24,27). The van der Waals surface area contributed by atoms with Crippen LogP contribution in [0.4, 0.5) is 5.13 Å². The molecule has 1 aromatic heterocycles. The van der Waals surface area contributed by atoms with E-state index in [2.05, 4.69) is 15.5 Å². The van der Waals surface area contributed by atoms with Crippen molar-refractivity contribution in [1.29, 1.82) is 0 Å². The highest BCUT2D eigenvalue weighted by Crippen LogP contribution is 2.46. The van der Waals surface area contributed by atoms with Gasteiger partial charge in [-0.15, -0.1) is 10.2 Å². The molecule has 1 aromatic carbocycles. The lowest BCUT2D eigenvalue weighted by Gasteiger charge is -2.33. The number of anilines is 1. The Morgan fingerprint density at radius 1 is 1.21 bits per heavy atom. The molecule has 1 aliphatic rings. The molecule has 2 atom stereocenters. The molecule has 2 unspecified atom stereocenters. The average molecular weight is 513 g/mol. The topological polar surface area (TPSA) is 126 Å². The molecule has 0 spiro atoms. The molecule has 33 heavy (non-hydrogen) atoms. The highest BCUT2D eigenvalue weighted by Gasteiger charge is 2.42. The Labute approximate surface area is 204 Å². The van der Waals surface area contributed by atoms with E-state index in [9.17, 15) is 9.59 Å². The van der Waals surface area contributed by atoms with Crippen LogP contribution in [0.2, 0.25) is 10.0 Å². The van der Waals surface area contributed by atoms with Crippen molar-refractivity contribution >= 4 is 51.6 Å². The molecule has 176 valence electrons. The smallest absolute Gasteiger partial charge is 0.336 e. The average Bonchev–Trinajstić information content (AvgIpc) is 3.21. The Morgan fingerprint density at radius 2 is 1.94 bits per heavy atom. The van der Waals surface area contributed by atoms with E-state index in [1.54, 1.807) is 32.0 Å². The lowest BCUT2D eigenvalue weighted by molar-refractivity contribution is -0.139. The number of nitrogens with zero attached hydrogens (tertiary/aromatic N) is 2. The van der Waals surface area contributed by atoms with E-state index in [1.807, 2.05) is 0 Å². The summed E-state index contributed by atoms with van der Waals surface area (Å²) in [5.74, 6) is -2.27. The minimum absolute atomic E-state index is 0.102. The van der Waals surface area contributed by atoms with Gasteiger partial charge in [-0.25, -0.2) is 9.59 Å². The minimum atomic E-state index is -0.957. The van der Waals surface area contributed by atoms with Crippen molar-refractivity contribution in [3.63, 3.8) is 0 Å². The molecule has 0 radical (unpaired) electrons. The second-order valence-corrected chi connectivity index (χ2v) is 8.70. The number of carbonyl (C=O) groups excluding carboxylic acids is 2. The van der Waals surface area contributed by atoms with E-state index >= 15 is 0 Å². The number of aromatic nitrogens is 2. The van der Waals surface area contributed by atoms with Crippen molar-refractivity contribution in [3.05, 3.63) is 61.4 Å². The highest BCUT2D eigenvalue weighted by molar-refractivity contribution is 7.15. The molecule has 3 rings (SSSR count). The number of rotatable bonds is 7. The lowest BCUT2D eigenvalue weighted by Crippen LogP contribution is -2.35. The Kier molecular flexibility index (Phi) is 7.96. The number of carbonyl (C=O) groups is 2. The molecule has 2 aromatic rings. The van der Waals surface area contributed by atoms with E-state index < -0.39 is 24.0 Å². The van der Waals surface area contributed by atoms with Gasteiger partial charge in [-0.2, -0.15) is 0 Å². The second-order valence-electron chi connectivity index (χ2n) is 6.87. The molecule has 2 heterocycles. The first-order valence-corrected chi connectivity index (χ1v) is 11.3. The molecule has 0 saturated carbocycles. The number of nitrogen functional groups attached to an aromatic ring is 1. The molecule has 0 amide bonds. The van der Waals surface area contributed by atoms with Crippen LogP contribution in [0, 0.1) is 0 Å². The molecule has 3 N–H and O–H groups in total. The zero-order chi connectivity index (χ0) is 24.3. The zero-order valence-corrected chi connectivity index (χ0v) is 20.6. The number of ether oxygens (including phenoxy) is 3. The maximum Gasteiger partial charge on any atom is 0.336 e. The summed E-state index contributed by atoms with van der Waals surface area (Å²) >= 11 is 13.9. The minimum Gasteiger partial charge on any atom is -0.466 e. The molecule has 1 aliphatic heterocycles. The van der Waals surface area contributed by atoms with Crippen LogP contribution in [-0.2, 0) is 23.8 Å². The number of hydrogen-bond donors (Lipinski definition) is 2. The summed E-state index contributed by atoms with van der Waals surface area (Å²) in [5, 5.41) is 12.1. The van der Waals surface area contributed by atoms with E-state index in [-0.39, 0.29) is 32.9 Å². The van der Waals surface area contributed by atoms with Gasteiger partial charge in [-0.3, -0.25) is 0 Å². The van der Waals surface area contributed by atoms with E-state index in [1.165, 1.54) is 14.2 Å². The molecule has 0 saturated heterocycles. The van der Waals surface area contributed by atoms with Crippen LogP contribution in [0.5, 0.6) is 0 Å². The molecule has 0 fully saturated rings. The number of allylic oxidation sites excluding steroid dienone is 1. The van der Waals surface area contributed by atoms with Gasteiger partial charge in [0.2, 0.25) is 5.13 Å². The number of nitrogens with two attached hydrogens (primary N) is 1. The largest absolute Gasteiger partial charge is 0.466 e. The van der Waals surface area contributed by atoms with Crippen LogP contribution in [-0.4, -0.2) is 43.0 Å². The lowest BCUT2D eigenvalue weighted by atomic mass is 9.79. The predicted molar refractivity (Wildman–Crippen MR) is 125 cm³/mol. The number of benzene rings is 1. The van der Waals surface area contributed by atoms with Gasteiger partial charge in [0.25, 0.3) is 0 Å². The summed E-state index contributed by atoms with van der Waals surface area (Å²) in [4.78, 5) is 26.2. The Bertz CT molecular complexity index is 1150. The first-order valence-electron chi connectivity index (χ1n) is 9.77. The number of hydrogen-bond acceptors (Lipinski definition) is 10. The number of methoxy groups -OCH3 is 2. The maximum absolute atomic E-state index is 13.3. The molecule has 9 nitrogen and oxygen atoms in total. The van der Waals surface area contributed by atoms with Crippen molar-refractivity contribution in [2.45, 2.75) is 25.9 Å². The van der Waals surface area contributed by atoms with Crippen LogP contribution in [0.1, 0.15) is 36.4 Å². The molecular formula is C21H22Cl2N4O5S. The summed E-state index contributed by atoms with van der Waals surface area (Å²) in [7, 11) is 2.71. The Balaban J connectivity index is 2.36. The van der Waals surface area contributed by atoms with Crippen molar-refractivity contribution in [1.82, 2.24) is 15.5 Å². The van der Waals surface area contributed by atoms with Gasteiger partial charge in [0, 0.05) is 12.8 Å². The number of esters is 2. The molecule has 0 aliphatic carbocycles. The van der Waals surface area contributed by atoms with Crippen molar-refractivity contribution in [2.24, 2.45) is 0 Å². The number of dihydropyridines is 1. The summed E-state index contributed by atoms with van der Waals surface area (Å²) < 4.78 is 16.1. The van der Waals surface area contributed by atoms with Crippen molar-refractivity contribution in [2.75, 3.05) is 26.6 Å². The quantitative estimate of drug-likeness (QED) is 0.532.